The smallest absolute Gasteiger partial charge is 0.423 e. The SMILES string of the molecule is Cc1cnc(-c2c(F)c(F)c(F)c(F)c2F)cc1B(O)O. The van der Waals surface area contributed by atoms with Gasteiger partial charge in [0.15, 0.2) is 23.3 Å². The topological polar surface area (TPSA) is 53.4 Å². The highest BCUT2D eigenvalue weighted by molar-refractivity contribution is 6.59. The van der Waals surface area contributed by atoms with Crippen molar-refractivity contribution in [3.05, 3.63) is 46.9 Å². The first-order valence-corrected chi connectivity index (χ1v) is 5.60. The van der Waals surface area contributed by atoms with E-state index in [0.29, 0.717) is 0 Å². The lowest BCUT2D eigenvalue weighted by molar-refractivity contribution is 0.381. The lowest BCUT2D eigenvalue weighted by Gasteiger charge is -2.10. The molecule has 0 aliphatic carbocycles. The van der Waals surface area contributed by atoms with Gasteiger partial charge >= 0.3 is 7.12 Å². The van der Waals surface area contributed by atoms with E-state index in [-0.39, 0.29) is 11.0 Å². The average Bonchev–Trinajstić information content (AvgIpc) is 2.44. The van der Waals surface area contributed by atoms with Crippen LogP contribution in [0.1, 0.15) is 5.56 Å². The lowest BCUT2D eigenvalue weighted by atomic mass is 9.77. The molecule has 0 atom stereocenters. The summed E-state index contributed by atoms with van der Waals surface area (Å²) in [5.74, 6) is -10.6. The summed E-state index contributed by atoms with van der Waals surface area (Å²) in [5.41, 5.74) is -1.72. The Morgan fingerprint density at radius 2 is 1.38 bits per heavy atom. The van der Waals surface area contributed by atoms with Gasteiger partial charge in [-0.15, -0.1) is 0 Å². The van der Waals surface area contributed by atoms with Gasteiger partial charge in [0, 0.05) is 6.20 Å². The van der Waals surface area contributed by atoms with E-state index in [9.17, 15) is 22.0 Å². The van der Waals surface area contributed by atoms with Gasteiger partial charge in [0.1, 0.15) is 0 Å². The Morgan fingerprint density at radius 3 is 1.86 bits per heavy atom. The summed E-state index contributed by atoms with van der Waals surface area (Å²) in [6.07, 6.45) is 1.03. The normalized spacial score (nSPS) is 10.9. The number of hydrogen-bond acceptors (Lipinski definition) is 3. The van der Waals surface area contributed by atoms with Crippen LogP contribution in [0.3, 0.4) is 0 Å². The van der Waals surface area contributed by atoms with Crippen LogP contribution in [0, 0.1) is 36.0 Å². The molecule has 0 saturated carbocycles. The third kappa shape index (κ3) is 2.49. The number of pyridine rings is 1. The predicted molar refractivity (Wildman–Crippen MR) is 64.0 cm³/mol. The molecule has 0 fully saturated rings. The van der Waals surface area contributed by atoms with Gasteiger partial charge in [-0.2, -0.15) is 0 Å². The highest BCUT2D eigenvalue weighted by Gasteiger charge is 2.28. The summed E-state index contributed by atoms with van der Waals surface area (Å²) in [6.45, 7) is 1.43. The van der Waals surface area contributed by atoms with Gasteiger partial charge in [0.2, 0.25) is 5.82 Å². The van der Waals surface area contributed by atoms with Crippen LogP contribution in [0.25, 0.3) is 11.3 Å². The molecular weight excluding hydrogens is 296 g/mol. The third-order valence-electron chi connectivity index (χ3n) is 2.89. The van der Waals surface area contributed by atoms with Gasteiger partial charge in [-0.3, -0.25) is 4.98 Å². The summed E-state index contributed by atoms with van der Waals surface area (Å²) < 4.78 is 66.5. The van der Waals surface area contributed by atoms with Crippen LogP contribution < -0.4 is 5.46 Å². The van der Waals surface area contributed by atoms with Crippen LogP contribution in [-0.4, -0.2) is 22.2 Å². The number of aromatic nitrogens is 1. The maximum Gasteiger partial charge on any atom is 0.488 e. The highest BCUT2D eigenvalue weighted by Crippen LogP contribution is 2.30. The predicted octanol–water partition coefficient (Wildman–Crippen LogP) is 1.43. The van der Waals surface area contributed by atoms with Crippen molar-refractivity contribution in [1.29, 1.82) is 0 Å². The quantitative estimate of drug-likeness (QED) is 0.382. The minimum Gasteiger partial charge on any atom is -0.423 e. The van der Waals surface area contributed by atoms with E-state index in [1.807, 2.05) is 0 Å². The number of hydrogen-bond donors (Lipinski definition) is 2. The summed E-state index contributed by atoms with van der Waals surface area (Å²) >= 11 is 0. The van der Waals surface area contributed by atoms with Gasteiger partial charge in [-0.1, -0.05) is 0 Å². The van der Waals surface area contributed by atoms with Crippen LogP contribution in [0.15, 0.2) is 12.3 Å². The van der Waals surface area contributed by atoms with Crippen LogP contribution in [-0.2, 0) is 0 Å². The zero-order valence-corrected chi connectivity index (χ0v) is 10.5. The van der Waals surface area contributed by atoms with E-state index in [1.165, 1.54) is 6.92 Å². The molecule has 0 aliphatic heterocycles. The number of nitrogens with zero attached hydrogens (tertiary/aromatic N) is 1. The second kappa shape index (κ2) is 5.42. The van der Waals surface area contributed by atoms with Gasteiger partial charge in [-0.25, -0.2) is 22.0 Å². The van der Waals surface area contributed by atoms with Crippen molar-refractivity contribution in [1.82, 2.24) is 4.98 Å². The van der Waals surface area contributed by atoms with Crippen molar-refractivity contribution in [2.75, 3.05) is 0 Å². The Labute approximate surface area is 115 Å². The molecule has 0 aliphatic rings. The molecule has 9 heteroatoms. The summed E-state index contributed by atoms with van der Waals surface area (Å²) in [6, 6.07) is 0.846. The fourth-order valence-electron chi connectivity index (χ4n) is 1.78. The maximum atomic E-state index is 13.6. The van der Waals surface area contributed by atoms with Crippen molar-refractivity contribution in [2.45, 2.75) is 6.92 Å². The largest absolute Gasteiger partial charge is 0.488 e. The first-order chi connectivity index (χ1) is 9.75. The zero-order valence-electron chi connectivity index (χ0n) is 10.5. The summed E-state index contributed by atoms with van der Waals surface area (Å²) in [4.78, 5) is 3.57. The van der Waals surface area contributed by atoms with Crippen molar-refractivity contribution in [3.8, 4) is 11.3 Å². The molecule has 1 aromatic heterocycles. The summed E-state index contributed by atoms with van der Waals surface area (Å²) in [5, 5.41) is 18.2. The highest BCUT2D eigenvalue weighted by atomic mass is 19.2. The molecule has 0 amide bonds. The molecule has 2 aromatic rings. The van der Waals surface area contributed by atoms with E-state index in [0.717, 1.165) is 12.3 Å². The third-order valence-corrected chi connectivity index (χ3v) is 2.89. The number of rotatable bonds is 2. The van der Waals surface area contributed by atoms with Crippen LogP contribution >= 0.6 is 0 Å². The Morgan fingerprint density at radius 1 is 0.905 bits per heavy atom. The molecule has 0 spiro atoms. The van der Waals surface area contributed by atoms with Crippen molar-refractivity contribution in [2.24, 2.45) is 0 Å². The van der Waals surface area contributed by atoms with E-state index in [4.69, 9.17) is 10.0 Å². The van der Waals surface area contributed by atoms with Gasteiger partial charge in [0.05, 0.1) is 11.3 Å². The molecule has 21 heavy (non-hydrogen) atoms. The molecule has 2 rings (SSSR count). The fourth-order valence-corrected chi connectivity index (χ4v) is 1.78. The number of benzene rings is 1. The molecule has 0 unspecified atom stereocenters. The first-order valence-electron chi connectivity index (χ1n) is 5.60. The molecule has 0 bridgehead atoms. The second-order valence-corrected chi connectivity index (χ2v) is 4.24. The standard InChI is InChI=1S/C12H7BF5NO2/c1-4-3-19-6(2-5(4)13(20)21)7-8(14)10(16)12(18)11(17)9(7)15/h2-3,20-21H,1H3. The molecule has 0 radical (unpaired) electrons. The molecular formula is C12H7BF5NO2. The van der Waals surface area contributed by atoms with Crippen LogP contribution in [0.4, 0.5) is 22.0 Å². The number of aryl methyl sites for hydroxylation is 1. The van der Waals surface area contributed by atoms with Crippen molar-refractivity contribution < 1.29 is 32.0 Å². The molecule has 2 N–H and O–H groups in total. The lowest BCUT2D eigenvalue weighted by Crippen LogP contribution is -2.32. The molecule has 1 aromatic carbocycles. The van der Waals surface area contributed by atoms with E-state index in [2.05, 4.69) is 4.98 Å². The average molecular weight is 303 g/mol. The molecule has 0 saturated heterocycles. The minimum absolute atomic E-state index is 0.163. The second-order valence-electron chi connectivity index (χ2n) is 4.24. The van der Waals surface area contributed by atoms with Crippen LogP contribution in [0.5, 0.6) is 0 Å². The molecule has 110 valence electrons. The maximum absolute atomic E-state index is 13.6. The molecule has 1 heterocycles. The van der Waals surface area contributed by atoms with Crippen molar-refractivity contribution in [3.63, 3.8) is 0 Å². The monoisotopic (exact) mass is 303 g/mol. The van der Waals surface area contributed by atoms with Crippen molar-refractivity contribution >= 4 is 12.6 Å². The Bertz CT molecular complexity index is 694. The van der Waals surface area contributed by atoms with Gasteiger partial charge in [0.25, 0.3) is 0 Å². The molecule has 3 nitrogen and oxygen atoms in total. The van der Waals surface area contributed by atoms with E-state index < -0.39 is 47.5 Å². The first kappa shape index (κ1) is 15.4. The van der Waals surface area contributed by atoms with E-state index >= 15 is 0 Å². The van der Waals surface area contributed by atoms with Gasteiger partial charge in [-0.05, 0) is 24.0 Å². The Balaban J connectivity index is 2.77. The minimum atomic E-state index is -2.27. The van der Waals surface area contributed by atoms with E-state index in [1.54, 1.807) is 0 Å². The van der Waals surface area contributed by atoms with Crippen LogP contribution in [0.2, 0.25) is 0 Å². The number of halogens is 5. The fraction of sp³-hybridized carbons (Fsp3) is 0.0833. The Kier molecular flexibility index (Phi) is 3.97. The van der Waals surface area contributed by atoms with Gasteiger partial charge < -0.3 is 10.0 Å². The summed E-state index contributed by atoms with van der Waals surface area (Å²) in [7, 11) is -1.98. The zero-order chi connectivity index (χ0) is 15.9. The Hall–Kier alpha value is -2.00.